The molecule has 0 amide bonds. The summed E-state index contributed by atoms with van der Waals surface area (Å²) in [7, 11) is 0. The van der Waals surface area contributed by atoms with Crippen LogP contribution in [0.3, 0.4) is 0 Å². The Labute approximate surface area is 128 Å². The summed E-state index contributed by atoms with van der Waals surface area (Å²) >= 11 is 5.57. The van der Waals surface area contributed by atoms with E-state index in [1.807, 2.05) is 20.8 Å². The van der Waals surface area contributed by atoms with Crippen LogP contribution in [-0.2, 0) is 0 Å². The lowest BCUT2D eigenvalue weighted by atomic mass is 10.1. The number of nitrogens with one attached hydrogen (secondary N) is 2. The summed E-state index contributed by atoms with van der Waals surface area (Å²) in [6, 6.07) is 0. The van der Waals surface area contributed by atoms with E-state index in [2.05, 4.69) is 20.3 Å². The van der Waals surface area contributed by atoms with Crippen LogP contribution >= 0.6 is 11.6 Å². The second-order valence-electron chi connectivity index (χ2n) is 5.18. The van der Waals surface area contributed by atoms with E-state index in [1.165, 1.54) is 6.20 Å². The maximum atomic E-state index is 7.35. The lowest BCUT2D eigenvalue weighted by Gasteiger charge is -2.13. The van der Waals surface area contributed by atoms with Crippen molar-refractivity contribution in [1.29, 1.82) is 5.41 Å². The fraction of sp³-hybridized carbons (Fsp3) is 0.333. The quantitative estimate of drug-likeness (QED) is 0.528. The number of hydrogen-bond donors (Lipinski definition) is 5. The van der Waals surface area contributed by atoms with Crippen molar-refractivity contribution in [3.8, 4) is 0 Å². The number of halogens is 1. The minimum Gasteiger partial charge on any atom is -0.403 e. The van der Waals surface area contributed by atoms with E-state index in [9.17, 15) is 0 Å². The van der Waals surface area contributed by atoms with Gasteiger partial charge in [0, 0.05) is 12.4 Å². The molecule has 0 spiro atoms. The minimum atomic E-state index is -0.319. The van der Waals surface area contributed by atoms with Gasteiger partial charge in [-0.15, -0.1) is 0 Å². The Morgan fingerprint density at radius 2 is 1.81 bits per heavy atom. The third kappa shape index (κ3) is 4.92. The molecular weight excluding hydrogens is 292 g/mol. The highest BCUT2D eigenvalue weighted by molar-refractivity contribution is 6.69. The molecule has 0 atom stereocenters. The van der Waals surface area contributed by atoms with Crippen molar-refractivity contribution in [2.45, 2.75) is 26.3 Å². The topological polar surface area (TPSA) is 152 Å². The van der Waals surface area contributed by atoms with E-state index in [1.54, 1.807) is 6.21 Å². The number of nitrogens with two attached hydrogens (primary N) is 3. The normalized spacial score (nSPS) is 12.7. The molecule has 0 fully saturated rings. The van der Waals surface area contributed by atoms with Gasteiger partial charge in [-0.25, -0.2) is 0 Å². The third-order valence-corrected chi connectivity index (χ3v) is 2.40. The molecule has 0 aromatic carbocycles. The number of nitrogens with zero attached hydrogens (tertiary/aromatic N) is 3. The standard InChI is InChI=1S/C12H19ClN8/c1-12(2,3)18-5-6(4-14)19-11-20-9(16)7(8(13)15)10(17)21-11/h4-5,15H,14H2,1-3H3,(H5,16,17,19,20,21). The van der Waals surface area contributed by atoms with E-state index in [0.29, 0.717) is 5.70 Å². The van der Waals surface area contributed by atoms with Crippen molar-refractivity contribution in [2.75, 3.05) is 16.8 Å². The summed E-state index contributed by atoms with van der Waals surface area (Å²) in [5, 5.41) is 9.87. The SMILES string of the molecule is CC(C)(C)N=CC(=CN)Nc1nc(N)c(C(=N)Cl)c(N)n1. The van der Waals surface area contributed by atoms with Crippen LogP contribution in [0.25, 0.3) is 0 Å². The number of nitrogen functional groups attached to an aromatic ring is 2. The summed E-state index contributed by atoms with van der Waals surface area (Å²) in [5.41, 5.74) is 17.3. The molecule has 0 bridgehead atoms. The highest BCUT2D eigenvalue weighted by Gasteiger charge is 2.14. The van der Waals surface area contributed by atoms with Gasteiger partial charge in [0.25, 0.3) is 0 Å². The van der Waals surface area contributed by atoms with Crippen molar-refractivity contribution in [3.63, 3.8) is 0 Å². The largest absolute Gasteiger partial charge is 0.403 e. The molecule has 1 aromatic heterocycles. The first-order valence-electron chi connectivity index (χ1n) is 6.05. The summed E-state index contributed by atoms with van der Waals surface area (Å²) in [6.45, 7) is 5.85. The molecule has 0 aliphatic heterocycles. The molecule has 0 saturated carbocycles. The maximum absolute atomic E-state index is 7.35. The molecule has 21 heavy (non-hydrogen) atoms. The molecule has 8 N–H and O–H groups in total. The lowest BCUT2D eigenvalue weighted by molar-refractivity contribution is 0.586. The van der Waals surface area contributed by atoms with Crippen molar-refractivity contribution in [2.24, 2.45) is 10.7 Å². The van der Waals surface area contributed by atoms with Gasteiger partial charge < -0.3 is 22.5 Å². The number of aliphatic imine (C=N–C) groups is 1. The Hall–Kier alpha value is -2.35. The van der Waals surface area contributed by atoms with Crippen LogP contribution in [-0.4, -0.2) is 26.9 Å². The van der Waals surface area contributed by atoms with E-state index in [0.717, 1.165) is 0 Å². The van der Waals surface area contributed by atoms with Crippen LogP contribution in [0.2, 0.25) is 0 Å². The summed E-state index contributed by atoms with van der Waals surface area (Å²) in [6.07, 6.45) is 2.88. The molecule has 1 rings (SSSR count). The van der Waals surface area contributed by atoms with Crippen molar-refractivity contribution in [3.05, 3.63) is 17.5 Å². The monoisotopic (exact) mass is 310 g/mol. The van der Waals surface area contributed by atoms with Gasteiger partial charge in [0.15, 0.2) is 0 Å². The summed E-state index contributed by atoms with van der Waals surface area (Å²) in [5.74, 6) is 0.159. The Kier molecular flexibility index (Phi) is 5.09. The molecule has 0 unspecified atom stereocenters. The average molecular weight is 311 g/mol. The first-order valence-corrected chi connectivity index (χ1v) is 6.43. The van der Waals surface area contributed by atoms with Crippen molar-refractivity contribution in [1.82, 2.24) is 9.97 Å². The van der Waals surface area contributed by atoms with E-state index >= 15 is 0 Å². The number of aromatic nitrogens is 2. The zero-order valence-corrected chi connectivity index (χ0v) is 12.9. The Bertz CT molecular complexity index is 577. The predicted molar refractivity (Wildman–Crippen MR) is 87.7 cm³/mol. The van der Waals surface area contributed by atoms with Gasteiger partial charge >= 0.3 is 0 Å². The van der Waals surface area contributed by atoms with Crippen LogP contribution < -0.4 is 22.5 Å². The van der Waals surface area contributed by atoms with Crippen LogP contribution in [0, 0.1) is 5.41 Å². The van der Waals surface area contributed by atoms with Crippen LogP contribution in [0.4, 0.5) is 17.6 Å². The molecule has 114 valence electrons. The highest BCUT2D eigenvalue weighted by atomic mass is 35.5. The first kappa shape index (κ1) is 16.7. The molecule has 9 heteroatoms. The Morgan fingerprint density at radius 1 is 1.29 bits per heavy atom. The molecule has 0 radical (unpaired) electrons. The van der Waals surface area contributed by atoms with E-state index in [4.69, 9.17) is 34.2 Å². The summed E-state index contributed by atoms with van der Waals surface area (Å²) in [4.78, 5) is 12.3. The fourth-order valence-corrected chi connectivity index (χ4v) is 1.48. The van der Waals surface area contributed by atoms with Gasteiger partial charge in [0.2, 0.25) is 5.95 Å². The zero-order chi connectivity index (χ0) is 16.2. The molecule has 0 aliphatic carbocycles. The van der Waals surface area contributed by atoms with Crippen LogP contribution in [0.5, 0.6) is 0 Å². The zero-order valence-electron chi connectivity index (χ0n) is 12.1. The lowest BCUT2D eigenvalue weighted by Crippen LogP contribution is -2.15. The first-order chi connectivity index (χ1) is 9.64. The highest BCUT2D eigenvalue weighted by Crippen LogP contribution is 2.20. The third-order valence-electron chi connectivity index (χ3n) is 2.21. The second kappa shape index (κ2) is 6.40. The molecule has 8 nitrogen and oxygen atoms in total. The Balaban J connectivity index is 3.03. The van der Waals surface area contributed by atoms with E-state index in [-0.39, 0.29) is 33.9 Å². The fourth-order valence-electron chi connectivity index (χ4n) is 1.29. The number of hydrogen-bond acceptors (Lipinski definition) is 8. The minimum absolute atomic E-state index is 0.00846. The molecule has 1 aromatic rings. The molecule has 0 saturated heterocycles. The van der Waals surface area contributed by atoms with Crippen LogP contribution in [0.15, 0.2) is 16.9 Å². The summed E-state index contributed by atoms with van der Waals surface area (Å²) < 4.78 is 0. The second-order valence-corrected chi connectivity index (χ2v) is 5.56. The van der Waals surface area contributed by atoms with Gasteiger partial charge in [0.1, 0.15) is 16.8 Å². The van der Waals surface area contributed by atoms with Crippen molar-refractivity contribution >= 4 is 40.6 Å². The molecular formula is C12H19ClN8. The van der Waals surface area contributed by atoms with E-state index < -0.39 is 0 Å². The number of rotatable bonds is 4. The van der Waals surface area contributed by atoms with Gasteiger partial charge in [0.05, 0.1) is 16.8 Å². The average Bonchev–Trinajstić information content (AvgIpc) is 2.31. The maximum Gasteiger partial charge on any atom is 0.231 e. The predicted octanol–water partition coefficient (Wildman–Crippen LogP) is 1.29. The number of allylic oxidation sites excluding steroid dienone is 1. The van der Waals surface area contributed by atoms with Crippen LogP contribution in [0.1, 0.15) is 26.3 Å². The van der Waals surface area contributed by atoms with Gasteiger partial charge in [-0.3, -0.25) is 10.4 Å². The smallest absolute Gasteiger partial charge is 0.231 e. The molecule has 1 heterocycles. The van der Waals surface area contributed by atoms with Gasteiger partial charge in [-0.1, -0.05) is 11.6 Å². The Morgan fingerprint density at radius 3 is 2.19 bits per heavy atom. The van der Waals surface area contributed by atoms with Gasteiger partial charge in [-0.05, 0) is 20.8 Å². The number of anilines is 3. The van der Waals surface area contributed by atoms with Crippen molar-refractivity contribution < 1.29 is 0 Å². The van der Waals surface area contributed by atoms with Gasteiger partial charge in [-0.2, -0.15) is 9.97 Å². The molecule has 0 aliphatic rings.